The predicted octanol–water partition coefficient (Wildman–Crippen LogP) is -4.40. The van der Waals surface area contributed by atoms with Crippen molar-refractivity contribution in [2.75, 3.05) is 6.54 Å². The van der Waals surface area contributed by atoms with Gasteiger partial charge in [-0.25, -0.2) is 51.6 Å². The predicted molar refractivity (Wildman–Crippen MR) is 212 cm³/mol. The Hall–Kier alpha value is -9.36. The number of aromatic hydroxyl groups is 2. The lowest BCUT2D eigenvalue weighted by atomic mass is 10.2. The fourth-order valence-corrected chi connectivity index (χ4v) is 4.37. The van der Waals surface area contributed by atoms with Crippen molar-refractivity contribution in [3.8, 4) is 11.5 Å². The van der Waals surface area contributed by atoms with E-state index in [1.54, 1.807) is 18.2 Å². The van der Waals surface area contributed by atoms with E-state index in [-0.39, 0.29) is 4.90 Å². The maximum Gasteiger partial charge on any atom is 0.414 e. The van der Waals surface area contributed by atoms with Gasteiger partial charge >= 0.3 is 59.7 Å². The second-order valence-electron chi connectivity index (χ2n) is 10.7. The normalized spacial score (nSPS) is 11.3. The second kappa shape index (κ2) is 31.5. The van der Waals surface area contributed by atoms with Gasteiger partial charge in [-0.3, -0.25) is 18.9 Å². The highest BCUT2D eigenvalue weighted by molar-refractivity contribution is 7.89. The number of aliphatic hydroxyl groups is 4. The molecule has 380 valence electrons. The van der Waals surface area contributed by atoms with Crippen molar-refractivity contribution in [1.29, 1.82) is 0 Å². The van der Waals surface area contributed by atoms with E-state index in [1.165, 1.54) is 24.3 Å². The number of aliphatic hydroxyl groups excluding tert-OH is 4. The highest BCUT2D eigenvalue weighted by Gasteiger charge is 2.29. The lowest BCUT2D eigenvalue weighted by Gasteiger charge is -2.07. The van der Waals surface area contributed by atoms with Gasteiger partial charge in [-0.1, -0.05) is 30.3 Å². The molecule has 0 bridgehead atoms. The topological polar surface area (TPSA) is 629 Å². The summed E-state index contributed by atoms with van der Waals surface area (Å²) < 4.78 is 54.6. The average Bonchev–Trinajstić information content (AvgIpc) is 3.26. The molecule has 0 spiro atoms. The molecule has 3 aromatic carbocycles. The first-order chi connectivity index (χ1) is 31.3. The number of benzene rings is 2. The zero-order valence-electron chi connectivity index (χ0n) is 33.2. The molecular weight excluding hydrogens is 1000 g/mol. The second-order valence-corrected chi connectivity index (χ2v) is 13.8. The van der Waals surface area contributed by atoms with Gasteiger partial charge in [0.1, 0.15) is 11.4 Å². The van der Waals surface area contributed by atoms with Crippen LogP contribution in [0, 0.1) is 0 Å². The SMILES string of the molecule is O=C(O)/C(O)=C(\O)C(=O)O.O=C(O)/C=C\C(=O)O.O=C(O)C(=O)O.O=C(O)C(O)C(O)C(=O)O.O=C(O)CNS(=O)(=O)c1ccccc1.O=C(O)c1ccccc1S(=O)(=O)O.O=c1c(O)c(O)c1=O. The molecule has 0 aliphatic rings. The van der Waals surface area contributed by atoms with Crippen molar-refractivity contribution in [2.24, 2.45) is 0 Å². The zero-order chi connectivity index (χ0) is 55.3. The van der Waals surface area contributed by atoms with Gasteiger partial charge in [0.05, 0.1) is 10.5 Å². The molecule has 3 rings (SSSR count). The summed E-state index contributed by atoms with van der Waals surface area (Å²) in [5, 5.41) is 128. The molecule has 0 aromatic heterocycles. The maximum absolute atomic E-state index is 11.4. The van der Waals surface area contributed by atoms with Gasteiger partial charge in [0, 0.05) is 12.2 Å². The molecule has 0 radical (unpaired) electrons. The third kappa shape index (κ3) is 28.9. The minimum absolute atomic E-state index is 0.0567. The Kier molecular flexibility index (Phi) is 30.2. The summed E-state index contributed by atoms with van der Waals surface area (Å²) in [6.45, 7) is -0.614. The van der Waals surface area contributed by atoms with Gasteiger partial charge in [-0.2, -0.15) is 13.1 Å². The maximum atomic E-state index is 11.4. The molecule has 69 heavy (non-hydrogen) atoms. The fourth-order valence-electron chi connectivity index (χ4n) is 2.69. The Morgan fingerprint density at radius 3 is 1.09 bits per heavy atom. The number of sulfonamides is 1. The molecular formula is C33H33NO33S2. The zero-order valence-corrected chi connectivity index (χ0v) is 34.8. The number of aromatic carboxylic acids is 1. The molecule has 18 N–H and O–H groups in total. The molecule has 34 nitrogen and oxygen atoms in total. The number of hydrogen-bond acceptors (Lipinski definition) is 22. The summed E-state index contributed by atoms with van der Waals surface area (Å²) in [5.74, 6) is -20.9. The lowest BCUT2D eigenvalue weighted by Crippen LogP contribution is -2.39. The van der Waals surface area contributed by atoms with Crippen LogP contribution in [0.3, 0.4) is 0 Å². The smallest absolute Gasteiger partial charge is 0.414 e. The Bertz CT molecular complexity index is 2600. The fraction of sp³-hybridized carbons (Fsp3) is 0.0909. The minimum atomic E-state index is -4.46. The van der Waals surface area contributed by atoms with E-state index in [0.717, 1.165) is 12.1 Å². The van der Waals surface area contributed by atoms with E-state index in [4.69, 9.17) is 95.8 Å². The summed E-state index contributed by atoms with van der Waals surface area (Å²) >= 11 is 0. The Morgan fingerprint density at radius 2 is 0.855 bits per heavy atom. The lowest BCUT2D eigenvalue weighted by molar-refractivity contribution is -0.165. The summed E-state index contributed by atoms with van der Waals surface area (Å²) in [5.41, 5.74) is -2.46. The Morgan fingerprint density at radius 1 is 0.522 bits per heavy atom. The Labute approximate surface area is 379 Å². The van der Waals surface area contributed by atoms with Crippen LogP contribution in [-0.4, -0.2) is 182 Å². The molecule has 36 heteroatoms. The van der Waals surface area contributed by atoms with Crippen LogP contribution in [0.15, 0.2) is 97.6 Å². The molecule has 3 aromatic rings. The van der Waals surface area contributed by atoms with E-state index in [1.807, 2.05) is 4.72 Å². The van der Waals surface area contributed by atoms with E-state index in [9.17, 15) is 64.8 Å². The Balaban J connectivity index is -0.000000363. The number of hydrogen-bond donors (Lipinski definition) is 18. The first kappa shape index (κ1) is 66.2. The minimum Gasteiger partial charge on any atom is -0.501 e. The van der Waals surface area contributed by atoms with Crippen molar-refractivity contribution in [3.05, 3.63) is 104 Å². The van der Waals surface area contributed by atoms with E-state index in [0.29, 0.717) is 12.2 Å². The monoisotopic (exact) mass is 1040 g/mol. The van der Waals surface area contributed by atoms with Crippen LogP contribution in [0.2, 0.25) is 0 Å². The quantitative estimate of drug-likeness (QED) is 0.0333. The van der Waals surface area contributed by atoms with Crippen LogP contribution in [-0.2, 0) is 63.3 Å². The van der Waals surface area contributed by atoms with Crippen molar-refractivity contribution in [1.82, 2.24) is 4.72 Å². The highest BCUT2D eigenvalue weighted by Crippen LogP contribution is 2.15. The van der Waals surface area contributed by atoms with Crippen LogP contribution >= 0.6 is 0 Å². The van der Waals surface area contributed by atoms with Crippen LogP contribution < -0.4 is 15.6 Å². The first-order valence-electron chi connectivity index (χ1n) is 16.1. The van der Waals surface area contributed by atoms with Crippen molar-refractivity contribution in [2.45, 2.75) is 22.0 Å². The van der Waals surface area contributed by atoms with Crippen molar-refractivity contribution in [3.63, 3.8) is 0 Å². The average molecular weight is 1040 g/mol. The molecule has 0 saturated carbocycles. The van der Waals surface area contributed by atoms with Gasteiger partial charge in [0.15, 0.2) is 12.2 Å². The largest absolute Gasteiger partial charge is 0.501 e. The van der Waals surface area contributed by atoms with E-state index >= 15 is 0 Å². The third-order valence-corrected chi connectivity index (χ3v) is 8.04. The first-order valence-corrected chi connectivity index (χ1v) is 19.0. The summed E-state index contributed by atoms with van der Waals surface area (Å²) in [6, 6.07) is 12.4. The molecule has 2 unspecified atom stereocenters. The number of rotatable bonds is 13. The standard InChI is InChI=1S/C8H9NO4S.C7H6O5S.C4H6O6.C4H4O6.C4H2O4.C4H4O4.C2H2O4/c10-8(11)6-9-14(12,13)7-4-2-1-3-5-7;8-7(9)5-3-1-2-4-6(5)13(10,11)12;2*5-1(3(7)8)2(6)4(9)10;5-1-2(6)4(8)3(1)7;5-3(6)1-2-4(7)8;3-1(4)2(5)6/h1-5,9H,6H2,(H,10,11);1-4H,(H,8,9)(H,10,11,12);1-2,5-6H,(H,7,8)(H,9,10);5-6H,(H,7,8)(H,9,10);5-6H;1-2H,(H,5,6)(H,7,8);(H,3,4)(H,5,6)/b;;;2-1+;;2-1-;. The molecule has 0 aliphatic heterocycles. The molecule has 2 atom stereocenters. The molecule has 0 saturated heterocycles. The van der Waals surface area contributed by atoms with Crippen LogP contribution in [0.4, 0.5) is 0 Å². The van der Waals surface area contributed by atoms with Gasteiger partial charge < -0.3 is 81.7 Å². The summed E-state index contributed by atoms with van der Waals surface area (Å²) in [6.07, 6.45) is -3.42. The number of carbonyl (C=O) groups is 10. The van der Waals surface area contributed by atoms with Crippen LogP contribution in [0.1, 0.15) is 10.4 Å². The van der Waals surface area contributed by atoms with Crippen molar-refractivity contribution < 1.29 is 151 Å². The third-order valence-electron chi connectivity index (χ3n) is 5.71. The van der Waals surface area contributed by atoms with E-state index < -0.39 is 143 Å². The summed E-state index contributed by atoms with van der Waals surface area (Å²) in [4.78, 5) is 116. The van der Waals surface area contributed by atoms with Crippen molar-refractivity contribution >= 4 is 79.8 Å². The molecule has 0 fully saturated rings. The highest BCUT2D eigenvalue weighted by atomic mass is 32.2. The molecule has 0 amide bonds. The van der Waals surface area contributed by atoms with Gasteiger partial charge in [-0.05, 0) is 24.3 Å². The number of carboxylic acid groups (broad SMARTS) is 10. The van der Waals surface area contributed by atoms with Crippen LogP contribution in [0.5, 0.6) is 11.5 Å². The number of nitrogens with one attached hydrogen (secondary N) is 1. The number of aliphatic carboxylic acids is 9. The summed E-state index contributed by atoms with van der Waals surface area (Å²) in [7, 11) is -8.15. The number of carboxylic acids is 10. The van der Waals surface area contributed by atoms with Crippen LogP contribution in [0.25, 0.3) is 0 Å². The van der Waals surface area contributed by atoms with Gasteiger partial charge in [-0.15, -0.1) is 0 Å². The van der Waals surface area contributed by atoms with Gasteiger partial charge in [0.25, 0.3) is 32.5 Å². The van der Waals surface area contributed by atoms with E-state index in [2.05, 4.69) is 0 Å². The molecule has 0 heterocycles. The van der Waals surface area contributed by atoms with Gasteiger partial charge in [0.2, 0.25) is 21.5 Å². The molecule has 0 aliphatic carbocycles.